The molecule has 8 nitrogen and oxygen atoms in total. The Morgan fingerprint density at radius 3 is 1.64 bits per heavy atom. The monoisotopic (exact) mass is 212 g/mol. The summed E-state index contributed by atoms with van der Waals surface area (Å²) in [5, 5.41) is 61.3. The van der Waals surface area contributed by atoms with Crippen molar-refractivity contribution in [2.75, 3.05) is 0 Å². The Balaban J connectivity index is 5.24. The van der Waals surface area contributed by atoms with Crippen molar-refractivity contribution in [1.29, 1.82) is 0 Å². The van der Waals surface area contributed by atoms with Crippen LogP contribution in [0.1, 0.15) is 13.3 Å². The van der Waals surface area contributed by atoms with E-state index in [1.165, 1.54) is 0 Å². The molecule has 0 amide bonds. The molecule has 0 fully saturated rings. The van der Waals surface area contributed by atoms with Gasteiger partial charge in [-0.2, -0.15) is 0 Å². The molecule has 84 valence electrons. The Bertz CT molecular complexity index is 230. The van der Waals surface area contributed by atoms with Gasteiger partial charge >= 0.3 is 11.8 Å². The van der Waals surface area contributed by atoms with Crippen LogP contribution in [-0.2, 0) is 4.79 Å². The molecule has 0 aromatic rings. The molecule has 0 aliphatic rings. The zero-order valence-electron chi connectivity index (χ0n) is 7.25. The number of carboxylic acids is 1. The number of hydrogen-bond acceptors (Lipinski definition) is 7. The average molecular weight is 212 g/mol. The van der Waals surface area contributed by atoms with Gasteiger partial charge in [0.15, 0.2) is 0 Å². The van der Waals surface area contributed by atoms with Gasteiger partial charge in [0.1, 0.15) is 0 Å². The van der Waals surface area contributed by atoms with Crippen LogP contribution in [0.15, 0.2) is 0 Å². The van der Waals surface area contributed by atoms with E-state index in [0.717, 1.165) is 6.92 Å². The highest BCUT2D eigenvalue weighted by molar-refractivity contribution is 5.76. The zero-order valence-corrected chi connectivity index (χ0v) is 7.25. The molecule has 8 heteroatoms. The summed E-state index contributed by atoms with van der Waals surface area (Å²) < 4.78 is 0. The van der Waals surface area contributed by atoms with Crippen LogP contribution in [0.3, 0.4) is 0 Å². The number of hydrogen-bond donors (Lipinski definition) is 7. The maximum Gasteiger partial charge on any atom is 0.370 e. The molecule has 0 heterocycles. The largest absolute Gasteiger partial charge is 0.477 e. The normalized spacial score (nSPS) is 14.2. The number of rotatable bonds is 4. The Morgan fingerprint density at radius 2 is 1.43 bits per heavy atom. The van der Waals surface area contributed by atoms with Crippen molar-refractivity contribution < 1.29 is 40.5 Å². The van der Waals surface area contributed by atoms with Crippen molar-refractivity contribution in [1.82, 2.24) is 0 Å². The Kier molecular flexibility index (Phi) is 3.23. The molecule has 0 unspecified atom stereocenters. The smallest absolute Gasteiger partial charge is 0.370 e. The average Bonchev–Trinajstić information content (AvgIpc) is 2.03. The van der Waals surface area contributed by atoms with E-state index in [4.69, 9.17) is 35.7 Å². The van der Waals surface area contributed by atoms with E-state index >= 15 is 0 Å². The molecule has 0 aliphatic carbocycles. The maximum absolute atomic E-state index is 10.2. The van der Waals surface area contributed by atoms with Gasteiger partial charge in [-0.25, -0.2) is 4.79 Å². The Labute approximate surface area is 78.3 Å². The van der Waals surface area contributed by atoms with Crippen LogP contribution in [0.4, 0.5) is 0 Å². The summed E-state index contributed by atoms with van der Waals surface area (Å²) in [5.74, 6) is -13.9. The lowest BCUT2D eigenvalue weighted by molar-refractivity contribution is -0.440. The Hall–Kier alpha value is -0.770. The second-order valence-electron chi connectivity index (χ2n) is 2.82. The van der Waals surface area contributed by atoms with Crippen molar-refractivity contribution in [2.24, 2.45) is 0 Å². The van der Waals surface area contributed by atoms with Gasteiger partial charge in [-0.15, -0.1) is 0 Å². The van der Waals surface area contributed by atoms with E-state index in [0.29, 0.717) is 0 Å². The molecule has 0 spiro atoms. The number of aliphatic hydroxyl groups is 6. The molecule has 0 bridgehead atoms. The van der Waals surface area contributed by atoms with Gasteiger partial charge in [-0.1, -0.05) is 6.92 Å². The van der Waals surface area contributed by atoms with Crippen LogP contribution in [0.5, 0.6) is 0 Å². The molecular weight excluding hydrogens is 200 g/mol. The van der Waals surface area contributed by atoms with Crippen molar-refractivity contribution in [3.63, 3.8) is 0 Å². The van der Waals surface area contributed by atoms with Crippen molar-refractivity contribution >= 4 is 5.97 Å². The summed E-state index contributed by atoms with van der Waals surface area (Å²) in [6.07, 6.45) is -0.726. The van der Waals surface area contributed by atoms with Crippen molar-refractivity contribution in [2.45, 2.75) is 30.7 Å². The van der Waals surface area contributed by atoms with Gasteiger partial charge in [-0.05, 0) is 0 Å². The van der Waals surface area contributed by atoms with E-state index in [9.17, 15) is 4.79 Å². The highest BCUT2D eigenvalue weighted by Crippen LogP contribution is 2.30. The summed E-state index contributed by atoms with van der Waals surface area (Å²) in [6.45, 7) is 1.07. The standard InChI is InChI=1S/C6H12O8/c1-2-4(9,10)6(13,14)5(11,12)3(7)8/h9-14H,2H2,1H3,(H,7,8). The minimum Gasteiger partial charge on any atom is -0.477 e. The predicted molar refractivity (Wildman–Crippen MR) is 39.4 cm³/mol. The zero-order chi connectivity index (χ0) is 11.8. The van der Waals surface area contributed by atoms with Crippen LogP contribution in [-0.4, -0.2) is 59.1 Å². The van der Waals surface area contributed by atoms with Gasteiger partial charge < -0.3 is 35.7 Å². The third kappa shape index (κ3) is 1.71. The molecule has 0 rings (SSSR count). The fraction of sp³-hybridized carbons (Fsp3) is 0.833. The number of aliphatic carboxylic acids is 1. The van der Waals surface area contributed by atoms with Crippen molar-refractivity contribution in [3.8, 4) is 0 Å². The van der Waals surface area contributed by atoms with Gasteiger partial charge in [0.05, 0.1) is 0 Å². The van der Waals surface area contributed by atoms with Crippen LogP contribution in [0, 0.1) is 0 Å². The predicted octanol–water partition coefficient (Wildman–Crippen LogP) is -3.48. The summed E-state index contributed by atoms with van der Waals surface area (Å²) in [5.41, 5.74) is 0. The summed E-state index contributed by atoms with van der Waals surface area (Å²) in [7, 11) is 0. The van der Waals surface area contributed by atoms with Crippen molar-refractivity contribution in [3.05, 3.63) is 0 Å². The number of carboxylic acid groups (broad SMARTS) is 1. The molecule has 14 heavy (non-hydrogen) atoms. The highest BCUT2D eigenvalue weighted by Gasteiger charge is 2.65. The van der Waals surface area contributed by atoms with Crippen LogP contribution in [0.2, 0.25) is 0 Å². The molecule has 0 radical (unpaired) electrons. The summed E-state index contributed by atoms with van der Waals surface area (Å²) >= 11 is 0. The van der Waals surface area contributed by atoms with Crippen LogP contribution in [0.25, 0.3) is 0 Å². The van der Waals surface area contributed by atoms with Crippen LogP contribution < -0.4 is 0 Å². The number of carbonyl (C=O) groups is 1. The van der Waals surface area contributed by atoms with E-state index in [2.05, 4.69) is 0 Å². The highest BCUT2D eigenvalue weighted by atomic mass is 16.7. The SMILES string of the molecule is CCC(O)(O)C(O)(O)C(O)(O)C(=O)O. The van der Waals surface area contributed by atoms with Gasteiger partial charge in [0, 0.05) is 6.42 Å². The molecule has 0 aromatic carbocycles. The molecule has 0 aliphatic heterocycles. The van der Waals surface area contributed by atoms with Gasteiger partial charge in [0.25, 0.3) is 5.79 Å². The second kappa shape index (κ2) is 3.42. The lowest BCUT2D eigenvalue weighted by atomic mass is 9.94. The van der Waals surface area contributed by atoms with E-state index < -0.39 is 29.8 Å². The molecule has 0 aromatic heterocycles. The van der Waals surface area contributed by atoms with Gasteiger partial charge in [0.2, 0.25) is 5.79 Å². The summed E-state index contributed by atoms with van der Waals surface area (Å²) in [4.78, 5) is 10.2. The van der Waals surface area contributed by atoms with E-state index in [1.54, 1.807) is 0 Å². The molecule has 0 saturated carbocycles. The third-order valence-corrected chi connectivity index (χ3v) is 1.84. The lowest BCUT2D eigenvalue weighted by Crippen LogP contribution is -2.71. The quantitative estimate of drug-likeness (QED) is 0.236. The minimum atomic E-state index is -4.09. The van der Waals surface area contributed by atoms with E-state index in [1.807, 2.05) is 0 Å². The first-order valence-electron chi connectivity index (χ1n) is 3.58. The topological polar surface area (TPSA) is 159 Å². The molecule has 0 atom stereocenters. The molecule has 0 saturated heterocycles. The minimum absolute atomic E-state index is 0.726. The Morgan fingerprint density at radius 1 is 1.07 bits per heavy atom. The fourth-order valence-electron chi connectivity index (χ4n) is 0.675. The summed E-state index contributed by atoms with van der Waals surface area (Å²) in [6, 6.07) is 0. The fourth-order valence-corrected chi connectivity index (χ4v) is 0.675. The first kappa shape index (κ1) is 13.2. The first-order chi connectivity index (χ1) is 6.00. The third-order valence-electron chi connectivity index (χ3n) is 1.84. The molecular formula is C6H12O8. The maximum atomic E-state index is 10.2. The first-order valence-corrected chi connectivity index (χ1v) is 3.58. The second-order valence-corrected chi connectivity index (χ2v) is 2.82. The van der Waals surface area contributed by atoms with Crippen LogP contribution >= 0.6 is 0 Å². The van der Waals surface area contributed by atoms with Gasteiger partial charge in [-0.3, -0.25) is 0 Å². The molecule has 7 N–H and O–H groups in total. The van der Waals surface area contributed by atoms with E-state index in [-0.39, 0.29) is 0 Å². The lowest BCUT2D eigenvalue weighted by Gasteiger charge is -2.39.